The van der Waals surface area contributed by atoms with Crippen molar-refractivity contribution in [3.8, 4) is 0 Å². The minimum absolute atomic E-state index is 0.0584. The van der Waals surface area contributed by atoms with Gasteiger partial charge >= 0.3 is 6.03 Å². The van der Waals surface area contributed by atoms with Crippen LogP contribution in [0.15, 0.2) is 0 Å². The van der Waals surface area contributed by atoms with Crippen LogP contribution in [0.1, 0.15) is 57.8 Å². The molecule has 0 spiro atoms. The molecule has 2 rings (SSSR count). The molecule has 0 unspecified atom stereocenters. The van der Waals surface area contributed by atoms with Gasteiger partial charge in [0.05, 0.1) is 0 Å². The Balaban J connectivity index is 1.67. The lowest BCUT2D eigenvalue weighted by Crippen LogP contribution is -2.43. The Bertz CT molecular complexity index is 206. The summed E-state index contributed by atoms with van der Waals surface area (Å²) in [5, 5.41) is 6.10. The first-order valence-corrected chi connectivity index (χ1v) is 6.41. The van der Waals surface area contributed by atoms with Crippen molar-refractivity contribution in [1.82, 2.24) is 10.6 Å². The fourth-order valence-corrected chi connectivity index (χ4v) is 2.24. The zero-order valence-electron chi connectivity index (χ0n) is 9.43. The second-order valence-corrected chi connectivity index (χ2v) is 4.93. The Labute approximate surface area is 92.0 Å². The minimum atomic E-state index is 0.0584. The van der Waals surface area contributed by atoms with Crippen LogP contribution in [-0.2, 0) is 0 Å². The van der Waals surface area contributed by atoms with E-state index in [0.29, 0.717) is 12.1 Å². The number of carbonyl (C=O) groups is 1. The van der Waals surface area contributed by atoms with Crippen molar-refractivity contribution in [3.05, 3.63) is 0 Å². The summed E-state index contributed by atoms with van der Waals surface area (Å²) in [6.45, 7) is 0. The molecule has 2 aliphatic carbocycles. The molecule has 0 radical (unpaired) electrons. The van der Waals surface area contributed by atoms with Crippen LogP contribution in [0.25, 0.3) is 0 Å². The van der Waals surface area contributed by atoms with Crippen LogP contribution in [0.4, 0.5) is 4.79 Å². The lowest BCUT2D eigenvalue weighted by atomic mass is 9.97. The topological polar surface area (TPSA) is 41.1 Å². The molecule has 2 amide bonds. The van der Waals surface area contributed by atoms with Crippen LogP contribution in [0.5, 0.6) is 0 Å². The van der Waals surface area contributed by atoms with Gasteiger partial charge in [-0.3, -0.25) is 0 Å². The van der Waals surface area contributed by atoms with Gasteiger partial charge in [0.1, 0.15) is 0 Å². The zero-order valence-corrected chi connectivity index (χ0v) is 9.43. The van der Waals surface area contributed by atoms with Crippen LogP contribution < -0.4 is 10.6 Å². The minimum Gasteiger partial charge on any atom is -0.335 e. The first-order valence-electron chi connectivity index (χ1n) is 6.41. The monoisotopic (exact) mass is 210 g/mol. The number of nitrogens with one attached hydrogen (secondary N) is 2. The van der Waals surface area contributed by atoms with Crippen LogP contribution in [0, 0.1) is 0 Å². The fourth-order valence-electron chi connectivity index (χ4n) is 2.24. The molecule has 0 aromatic heterocycles. The highest BCUT2D eigenvalue weighted by Crippen LogP contribution is 2.19. The standard InChI is InChI=1S/C12H22N2O/c15-12(14-11-8-9-11)13-10-6-4-2-1-3-5-7-10/h10-11H,1-9H2,(H2,13,14,15). The van der Waals surface area contributed by atoms with E-state index in [1.807, 2.05) is 0 Å². The van der Waals surface area contributed by atoms with E-state index in [9.17, 15) is 4.79 Å². The van der Waals surface area contributed by atoms with Crippen molar-refractivity contribution >= 4 is 6.03 Å². The summed E-state index contributed by atoms with van der Waals surface area (Å²) in [6, 6.07) is 0.950. The molecule has 0 atom stereocenters. The number of rotatable bonds is 2. The van der Waals surface area contributed by atoms with Gasteiger partial charge in [0.2, 0.25) is 0 Å². The highest BCUT2D eigenvalue weighted by molar-refractivity contribution is 5.74. The first-order chi connectivity index (χ1) is 7.34. The molecular formula is C12H22N2O. The molecule has 86 valence electrons. The second kappa shape index (κ2) is 5.38. The molecule has 0 bridgehead atoms. The number of urea groups is 1. The Morgan fingerprint density at radius 3 is 1.73 bits per heavy atom. The number of hydrogen-bond acceptors (Lipinski definition) is 1. The summed E-state index contributed by atoms with van der Waals surface area (Å²) < 4.78 is 0. The van der Waals surface area contributed by atoms with Crippen LogP contribution >= 0.6 is 0 Å². The van der Waals surface area contributed by atoms with Crippen LogP contribution in [0.2, 0.25) is 0 Å². The molecule has 0 aromatic rings. The fraction of sp³-hybridized carbons (Fsp3) is 0.917. The summed E-state index contributed by atoms with van der Waals surface area (Å²) >= 11 is 0. The van der Waals surface area contributed by atoms with E-state index < -0.39 is 0 Å². The van der Waals surface area contributed by atoms with Crippen LogP contribution in [0.3, 0.4) is 0 Å². The van der Waals surface area contributed by atoms with Crippen molar-refractivity contribution in [2.75, 3.05) is 0 Å². The Morgan fingerprint density at radius 2 is 1.20 bits per heavy atom. The molecule has 0 aliphatic heterocycles. The zero-order chi connectivity index (χ0) is 10.5. The van der Waals surface area contributed by atoms with Crippen LogP contribution in [-0.4, -0.2) is 18.1 Å². The van der Waals surface area contributed by atoms with E-state index in [0.717, 1.165) is 25.7 Å². The third kappa shape index (κ3) is 4.10. The summed E-state index contributed by atoms with van der Waals surface area (Å²) in [6.07, 6.45) is 11.3. The predicted molar refractivity (Wildman–Crippen MR) is 60.8 cm³/mol. The van der Waals surface area contributed by atoms with Gasteiger partial charge in [-0.2, -0.15) is 0 Å². The molecule has 0 aromatic carbocycles. The van der Waals surface area contributed by atoms with Crippen molar-refractivity contribution < 1.29 is 4.79 Å². The molecule has 0 saturated heterocycles. The Kier molecular flexibility index (Phi) is 3.87. The summed E-state index contributed by atoms with van der Waals surface area (Å²) in [5.41, 5.74) is 0. The van der Waals surface area contributed by atoms with Gasteiger partial charge in [-0.25, -0.2) is 4.79 Å². The molecule has 0 heterocycles. The van der Waals surface area contributed by atoms with Gasteiger partial charge < -0.3 is 10.6 Å². The molecular weight excluding hydrogens is 188 g/mol. The third-order valence-electron chi connectivity index (χ3n) is 3.35. The quantitative estimate of drug-likeness (QED) is 0.722. The van der Waals surface area contributed by atoms with Crippen molar-refractivity contribution in [2.45, 2.75) is 69.9 Å². The maximum Gasteiger partial charge on any atom is 0.315 e. The Hall–Kier alpha value is -0.730. The van der Waals surface area contributed by atoms with Gasteiger partial charge in [-0.1, -0.05) is 32.1 Å². The van der Waals surface area contributed by atoms with Crippen molar-refractivity contribution in [3.63, 3.8) is 0 Å². The molecule has 3 nitrogen and oxygen atoms in total. The van der Waals surface area contributed by atoms with Gasteiger partial charge in [0.15, 0.2) is 0 Å². The van der Waals surface area contributed by atoms with Gasteiger partial charge in [0, 0.05) is 12.1 Å². The van der Waals surface area contributed by atoms with E-state index in [-0.39, 0.29) is 6.03 Å². The van der Waals surface area contributed by atoms with E-state index in [4.69, 9.17) is 0 Å². The molecule has 15 heavy (non-hydrogen) atoms. The smallest absolute Gasteiger partial charge is 0.315 e. The molecule has 2 N–H and O–H groups in total. The molecule has 2 saturated carbocycles. The largest absolute Gasteiger partial charge is 0.335 e. The van der Waals surface area contributed by atoms with E-state index in [1.165, 1.54) is 32.1 Å². The van der Waals surface area contributed by atoms with E-state index in [1.54, 1.807) is 0 Å². The average molecular weight is 210 g/mol. The number of carbonyl (C=O) groups excluding carboxylic acids is 1. The second-order valence-electron chi connectivity index (χ2n) is 4.93. The average Bonchev–Trinajstić information content (AvgIpc) is 2.93. The lowest BCUT2D eigenvalue weighted by Gasteiger charge is -2.21. The highest BCUT2D eigenvalue weighted by atomic mass is 16.2. The molecule has 2 fully saturated rings. The SMILES string of the molecule is O=C(NC1CCCCCCC1)NC1CC1. The van der Waals surface area contributed by atoms with E-state index in [2.05, 4.69) is 10.6 Å². The van der Waals surface area contributed by atoms with Crippen molar-refractivity contribution in [1.29, 1.82) is 0 Å². The molecule has 3 heteroatoms. The summed E-state index contributed by atoms with van der Waals surface area (Å²) in [7, 11) is 0. The normalized spacial score (nSPS) is 24.0. The van der Waals surface area contributed by atoms with Gasteiger partial charge in [-0.15, -0.1) is 0 Å². The third-order valence-corrected chi connectivity index (χ3v) is 3.35. The van der Waals surface area contributed by atoms with Crippen molar-refractivity contribution in [2.24, 2.45) is 0 Å². The van der Waals surface area contributed by atoms with E-state index >= 15 is 0 Å². The maximum absolute atomic E-state index is 11.5. The Morgan fingerprint density at radius 1 is 0.733 bits per heavy atom. The molecule has 2 aliphatic rings. The lowest BCUT2D eigenvalue weighted by molar-refractivity contribution is 0.233. The number of amides is 2. The maximum atomic E-state index is 11.5. The number of hydrogen-bond donors (Lipinski definition) is 2. The highest BCUT2D eigenvalue weighted by Gasteiger charge is 2.24. The predicted octanol–water partition coefficient (Wildman–Crippen LogP) is 2.56. The summed E-state index contributed by atoms with van der Waals surface area (Å²) in [4.78, 5) is 11.5. The van der Waals surface area contributed by atoms with Gasteiger partial charge in [-0.05, 0) is 25.7 Å². The van der Waals surface area contributed by atoms with Gasteiger partial charge in [0.25, 0.3) is 0 Å². The first kappa shape index (κ1) is 10.8. The summed E-state index contributed by atoms with van der Waals surface area (Å²) in [5.74, 6) is 0.